The molecule has 0 bridgehead atoms. The largest absolute Gasteiger partial charge is 0.472 e. The second kappa shape index (κ2) is 2.96. The van der Waals surface area contributed by atoms with Gasteiger partial charge in [0.05, 0.1) is 7.11 Å². The highest BCUT2D eigenvalue weighted by molar-refractivity contribution is 7.07. The number of nitrogens with zero attached hydrogens (tertiary/aromatic N) is 2. The fourth-order valence-electron chi connectivity index (χ4n) is 0.538. The summed E-state index contributed by atoms with van der Waals surface area (Å²) in [6.45, 7) is 4.11. The monoisotopic (exact) mass is 158 g/mol. The molecule has 10 heavy (non-hydrogen) atoms. The minimum absolute atomic E-state index is 0.389. The van der Waals surface area contributed by atoms with Crippen LogP contribution in [-0.4, -0.2) is 16.5 Å². The molecule has 4 heteroatoms. The Kier molecular flexibility index (Phi) is 2.21. The predicted molar refractivity (Wildman–Crippen MR) is 40.6 cm³/mol. The molecule has 0 N–H and O–H groups in total. The third kappa shape index (κ3) is 1.44. The molecule has 0 unspecified atom stereocenters. The minimum Gasteiger partial charge on any atom is -0.472 e. The van der Waals surface area contributed by atoms with E-state index in [1.165, 1.54) is 11.5 Å². The molecule has 0 amide bonds. The molecule has 0 radical (unpaired) electrons. The van der Waals surface area contributed by atoms with Crippen molar-refractivity contribution in [2.75, 3.05) is 7.11 Å². The normalized spacial score (nSPS) is 10.4. The average Bonchev–Trinajstić information content (AvgIpc) is 2.34. The molecular formula is C6H10N2OS. The Morgan fingerprint density at radius 3 is 2.50 bits per heavy atom. The second-order valence-corrected chi connectivity index (χ2v) is 2.99. The van der Waals surface area contributed by atoms with Gasteiger partial charge in [-0.1, -0.05) is 13.8 Å². The lowest BCUT2D eigenvalue weighted by atomic mass is 10.2. The summed E-state index contributed by atoms with van der Waals surface area (Å²) in [7, 11) is 1.60. The Hall–Kier alpha value is -0.640. The van der Waals surface area contributed by atoms with Crippen molar-refractivity contribution in [1.82, 2.24) is 9.36 Å². The molecule has 0 fully saturated rings. The van der Waals surface area contributed by atoms with Crippen molar-refractivity contribution in [3.8, 4) is 5.19 Å². The highest BCUT2D eigenvalue weighted by Crippen LogP contribution is 2.18. The summed E-state index contributed by atoms with van der Waals surface area (Å²) in [6.07, 6.45) is 0. The molecule has 1 rings (SSSR count). The van der Waals surface area contributed by atoms with Gasteiger partial charge in [-0.25, -0.2) is 0 Å². The predicted octanol–water partition coefficient (Wildman–Crippen LogP) is 1.67. The lowest BCUT2D eigenvalue weighted by Gasteiger charge is -1.93. The van der Waals surface area contributed by atoms with Gasteiger partial charge in [0.1, 0.15) is 5.82 Å². The van der Waals surface area contributed by atoms with Crippen LogP contribution >= 0.6 is 11.5 Å². The fourth-order valence-corrected chi connectivity index (χ4v) is 1.17. The standard InChI is InChI=1S/C6H10N2OS/c1-4(2)5-7-6(9-3)10-8-5/h4H,1-3H3. The van der Waals surface area contributed by atoms with Gasteiger partial charge < -0.3 is 4.74 Å². The van der Waals surface area contributed by atoms with Gasteiger partial charge in [0, 0.05) is 17.5 Å². The maximum absolute atomic E-state index is 4.89. The molecule has 0 aliphatic carbocycles. The second-order valence-electron chi connectivity index (χ2n) is 2.28. The molecule has 1 heterocycles. The van der Waals surface area contributed by atoms with Gasteiger partial charge in [0.2, 0.25) is 0 Å². The zero-order chi connectivity index (χ0) is 7.56. The number of ether oxygens (including phenoxy) is 1. The van der Waals surface area contributed by atoms with Crippen LogP contribution in [0.15, 0.2) is 0 Å². The number of hydrogen-bond donors (Lipinski definition) is 0. The first kappa shape index (κ1) is 7.47. The van der Waals surface area contributed by atoms with E-state index >= 15 is 0 Å². The molecule has 0 aliphatic heterocycles. The maximum atomic E-state index is 4.89. The Bertz CT molecular complexity index is 209. The van der Waals surface area contributed by atoms with Gasteiger partial charge in [0.25, 0.3) is 5.19 Å². The molecule has 56 valence electrons. The van der Waals surface area contributed by atoms with Crippen molar-refractivity contribution in [1.29, 1.82) is 0 Å². The zero-order valence-electron chi connectivity index (χ0n) is 6.29. The van der Waals surface area contributed by atoms with Gasteiger partial charge in [-0.05, 0) is 0 Å². The summed E-state index contributed by atoms with van der Waals surface area (Å²) in [4.78, 5) is 4.11. The van der Waals surface area contributed by atoms with Gasteiger partial charge in [0.15, 0.2) is 0 Å². The average molecular weight is 158 g/mol. The SMILES string of the molecule is COc1nc(C(C)C)ns1. The maximum Gasteiger partial charge on any atom is 0.292 e. The number of methoxy groups -OCH3 is 1. The van der Waals surface area contributed by atoms with Crippen LogP contribution in [-0.2, 0) is 0 Å². The molecule has 0 saturated carbocycles. The molecule has 0 aromatic carbocycles. The van der Waals surface area contributed by atoms with E-state index in [9.17, 15) is 0 Å². The highest BCUT2D eigenvalue weighted by Gasteiger charge is 2.06. The topological polar surface area (TPSA) is 35.0 Å². The number of aromatic nitrogens is 2. The molecule has 1 aromatic heterocycles. The summed E-state index contributed by atoms with van der Waals surface area (Å²) < 4.78 is 8.98. The first-order valence-corrected chi connectivity index (χ1v) is 3.89. The van der Waals surface area contributed by atoms with Crippen molar-refractivity contribution in [2.24, 2.45) is 0 Å². The first-order valence-electron chi connectivity index (χ1n) is 3.11. The van der Waals surface area contributed by atoms with Gasteiger partial charge in [-0.2, -0.15) is 9.36 Å². The van der Waals surface area contributed by atoms with E-state index in [1.54, 1.807) is 7.11 Å². The van der Waals surface area contributed by atoms with Crippen LogP contribution in [0.5, 0.6) is 5.19 Å². The van der Waals surface area contributed by atoms with Gasteiger partial charge in [-0.15, -0.1) is 0 Å². The van der Waals surface area contributed by atoms with Gasteiger partial charge in [-0.3, -0.25) is 0 Å². The molecule has 0 spiro atoms. The van der Waals surface area contributed by atoms with E-state index < -0.39 is 0 Å². The number of hydrogen-bond acceptors (Lipinski definition) is 4. The number of rotatable bonds is 2. The lowest BCUT2D eigenvalue weighted by Crippen LogP contribution is -1.89. The molecule has 0 atom stereocenters. The smallest absolute Gasteiger partial charge is 0.292 e. The molecule has 0 saturated heterocycles. The van der Waals surface area contributed by atoms with E-state index in [2.05, 4.69) is 23.2 Å². The quantitative estimate of drug-likeness (QED) is 0.656. The van der Waals surface area contributed by atoms with E-state index in [1.807, 2.05) is 0 Å². The Morgan fingerprint density at radius 2 is 2.20 bits per heavy atom. The first-order chi connectivity index (χ1) is 4.74. The van der Waals surface area contributed by atoms with Crippen molar-refractivity contribution in [3.05, 3.63) is 5.82 Å². The summed E-state index contributed by atoms with van der Waals surface area (Å²) in [6, 6.07) is 0. The van der Waals surface area contributed by atoms with Crippen molar-refractivity contribution >= 4 is 11.5 Å². The van der Waals surface area contributed by atoms with Crippen LogP contribution in [0.1, 0.15) is 25.6 Å². The Morgan fingerprint density at radius 1 is 1.50 bits per heavy atom. The van der Waals surface area contributed by atoms with E-state index in [4.69, 9.17) is 4.74 Å². The molecular weight excluding hydrogens is 148 g/mol. The summed E-state index contributed by atoms with van der Waals surface area (Å²) in [5.41, 5.74) is 0. The molecule has 0 aliphatic rings. The van der Waals surface area contributed by atoms with Crippen molar-refractivity contribution in [3.63, 3.8) is 0 Å². The van der Waals surface area contributed by atoms with Crippen LogP contribution in [0.25, 0.3) is 0 Å². The summed E-state index contributed by atoms with van der Waals surface area (Å²) in [5, 5.41) is 0.642. The fraction of sp³-hybridized carbons (Fsp3) is 0.667. The van der Waals surface area contributed by atoms with E-state index in [-0.39, 0.29) is 0 Å². The summed E-state index contributed by atoms with van der Waals surface area (Å²) >= 11 is 1.29. The Labute approximate surface area is 64.2 Å². The van der Waals surface area contributed by atoms with Gasteiger partial charge >= 0.3 is 0 Å². The molecule has 1 aromatic rings. The van der Waals surface area contributed by atoms with Crippen molar-refractivity contribution < 1.29 is 4.74 Å². The third-order valence-electron chi connectivity index (χ3n) is 1.11. The van der Waals surface area contributed by atoms with Crippen LogP contribution in [0, 0.1) is 0 Å². The van der Waals surface area contributed by atoms with Crippen LogP contribution < -0.4 is 4.74 Å². The van der Waals surface area contributed by atoms with Crippen LogP contribution in [0.2, 0.25) is 0 Å². The molecule has 3 nitrogen and oxygen atoms in total. The van der Waals surface area contributed by atoms with Crippen LogP contribution in [0.3, 0.4) is 0 Å². The minimum atomic E-state index is 0.389. The van der Waals surface area contributed by atoms with E-state index in [0.717, 1.165) is 5.82 Å². The van der Waals surface area contributed by atoms with E-state index in [0.29, 0.717) is 11.1 Å². The zero-order valence-corrected chi connectivity index (χ0v) is 7.10. The lowest BCUT2D eigenvalue weighted by molar-refractivity contribution is 0.410. The highest BCUT2D eigenvalue weighted by atomic mass is 32.1. The summed E-state index contributed by atoms with van der Waals surface area (Å²) in [5.74, 6) is 1.25. The van der Waals surface area contributed by atoms with Crippen molar-refractivity contribution in [2.45, 2.75) is 19.8 Å². The van der Waals surface area contributed by atoms with Crippen LogP contribution in [0.4, 0.5) is 0 Å². The third-order valence-corrected chi connectivity index (χ3v) is 1.81. The Balaban J connectivity index is 2.78.